The number of benzene rings is 7. The van der Waals surface area contributed by atoms with Gasteiger partial charge in [-0.2, -0.15) is 0 Å². The van der Waals surface area contributed by atoms with Crippen molar-refractivity contribution in [1.29, 1.82) is 0 Å². The molecular weight excluding hydrogens is 813 g/mol. The highest BCUT2D eigenvalue weighted by atomic mass is 19.1. The summed E-state index contributed by atoms with van der Waals surface area (Å²) in [6, 6.07) is 69.2. The summed E-state index contributed by atoms with van der Waals surface area (Å²) in [4.78, 5) is 13.5. The van der Waals surface area contributed by atoms with Crippen molar-refractivity contribution in [2.75, 3.05) is 0 Å². The first kappa shape index (κ1) is 41.8. The molecule has 3 nitrogen and oxygen atoms in total. The topological polar surface area (TPSA) is 38.7 Å². The summed E-state index contributed by atoms with van der Waals surface area (Å²) < 4.78 is 30.9. The van der Waals surface area contributed by atoms with Crippen molar-refractivity contribution in [3.8, 4) is 78.3 Å². The molecule has 7 aromatic carbocycles. The number of hydrogen-bond donors (Lipinski definition) is 0. The van der Waals surface area contributed by atoms with Crippen LogP contribution in [0, 0.1) is 11.6 Å². The fourth-order valence-corrected chi connectivity index (χ4v) is 8.73. The molecule has 0 aliphatic carbocycles. The number of pyridine rings is 3. The first-order valence-electron chi connectivity index (χ1n) is 22.4. The quantitative estimate of drug-likeness (QED) is 0.116. The molecule has 0 aliphatic heterocycles. The number of hydrogen-bond acceptors (Lipinski definition) is 3. The molecule has 3 heterocycles. The zero-order valence-electron chi connectivity index (χ0n) is 36.3. The molecule has 318 valence electrons. The molecule has 66 heavy (non-hydrogen) atoms. The van der Waals surface area contributed by atoms with Crippen molar-refractivity contribution in [3.05, 3.63) is 259 Å². The number of aromatic nitrogens is 3. The van der Waals surface area contributed by atoms with Crippen LogP contribution in [0.15, 0.2) is 225 Å². The number of halogens is 2. The molecule has 0 spiro atoms. The summed E-state index contributed by atoms with van der Waals surface area (Å²) >= 11 is 0. The molecule has 0 fully saturated rings. The lowest BCUT2D eigenvalue weighted by Gasteiger charge is -2.15. The average Bonchev–Trinajstić information content (AvgIpc) is 3.38. The SMILES string of the molecule is Fc1cc(CCc2cc(CCc3ccc(-c4ccccn4)c(F)c3)cc(-c3ccccc3-c3ccc(-c4cc(-c5ccc(-c6ccccc6)cc5)ccn4)cc3)c2)ccc1-c1ccccn1. The molecule has 0 bridgehead atoms. The highest BCUT2D eigenvalue weighted by Gasteiger charge is 2.14. The zero-order valence-corrected chi connectivity index (χ0v) is 36.3. The Labute approximate surface area is 384 Å². The summed E-state index contributed by atoms with van der Waals surface area (Å²) in [5, 5.41) is 0. The van der Waals surface area contributed by atoms with Gasteiger partial charge < -0.3 is 0 Å². The van der Waals surface area contributed by atoms with Gasteiger partial charge >= 0.3 is 0 Å². The lowest BCUT2D eigenvalue weighted by atomic mass is 9.90. The summed E-state index contributed by atoms with van der Waals surface area (Å²) in [6.45, 7) is 0. The molecule has 0 N–H and O–H groups in total. The Hall–Kier alpha value is -8.15. The number of rotatable bonds is 13. The molecule has 0 saturated heterocycles. The van der Waals surface area contributed by atoms with Crippen molar-refractivity contribution in [2.24, 2.45) is 0 Å². The highest BCUT2D eigenvalue weighted by Crippen LogP contribution is 2.36. The van der Waals surface area contributed by atoms with Crippen LogP contribution in [0.4, 0.5) is 8.78 Å². The first-order valence-corrected chi connectivity index (χ1v) is 22.4. The van der Waals surface area contributed by atoms with Crippen molar-refractivity contribution < 1.29 is 8.78 Å². The first-order chi connectivity index (χ1) is 32.5. The summed E-state index contributed by atoms with van der Waals surface area (Å²) in [7, 11) is 0. The molecule has 0 unspecified atom stereocenters. The van der Waals surface area contributed by atoms with Gasteiger partial charge in [-0.05, 0) is 153 Å². The zero-order chi connectivity index (χ0) is 44.7. The smallest absolute Gasteiger partial charge is 0.132 e. The molecule has 10 aromatic rings. The van der Waals surface area contributed by atoms with Crippen LogP contribution in [0.3, 0.4) is 0 Å². The summed E-state index contributed by atoms with van der Waals surface area (Å²) in [5.41, 5.74) is 17.4. The Morgan fingerprint density at radius 2 is 0.712 bits per heavy atom. The predicted molar refractivity (Wildman–Crippen MR) is 265 cm³/mol. The maximum Gasteiger partial charge on any atom is 0.132 e. The third-order valence-electron chi connectivity index (χ3n) is 12.2. The minimum atomic E-state index is -0.279. The fourth-order valence-electron chi connectivity index (χ4n) is 8.73. The molecule has 0 aliphatic rings. The van der Waals surface area contributed by atoms with Gasteiger partial charge in [-0.15, -0.1) is 0 Å². The normalized spacial score (nSPS) is 11.1. The van der Waals surface area contributed by atoms with Gasteiger partial charge in [-0.25, -0.2) is 8.78 Å². The second-order valence-corrected chi connectivity index (χ2v) is 16.6. The number of aryl methyl sites for hydroxylation is 4. The monoisotopic (exact) mass is 857 g/mol. The molecular formula is C61H45F2N3. The largest absolute Gasteiger partial charge is 0.256 e. The van der Waals surface area contributed by atoms with E-state index in [-0.39, 0.29) is 11.6 Å². The summed E-state index contributed by atoms with van der Waals surface area (Å²) in [5.74, 6) is -0.557. The van der Waals surface area contributed by atoms with E-state index in [0.717, 1.165) is 79.7 Å². The van der Waals surface area contributed by atoms with Gasteiger partial charge in [0, 0.05) is 35.3 Å². The van der Waals surface area contributed by atoms with E-state index < -0.39 is 0 Å². The lowest BCUT2D eigenvalue weighted by Crippen LogP contribution is -1.99. The lowest BCUT2D eigenvalue weighted by molar-refractivity contribution is 0.627. The maximum atomic E-state index is 15.4. The van der Waals surface area contributed by atoms with E-state index in [9.17, 15) is 0 Å². The van der Waals surface area contributed by atoms with Crippen LogP contribution in [-0.4, -0.2) is 15.0 Å². The predicted octanol–water partition coefficient (Wildman–Crippen LogP) is 15.4. The van der Waals surface area contributed by atoms with E-state index in [0.29, 0.717) is 35.4 Å². The van der Waals surface area contributed by atoms with Gasteiger partial charge in [0.1, 0.15) is 11.6 Å². The number of nitrogens with zero attached hydrogens (tertiary/aromatic N) is 3. The third-order valence-corrected chi connectivity index (χ3v) is 12.2. The van der Waals surface area contributed by atoms with E-state index in [1.807, 2.05) is 72.9 Å². The van der Waals surface area contributed by atoms with Gasteiger partial charge in [0.15, 0.2) is 0 Å². The van der Waals surface area contributed by atoms with Crippen LogP contribution in [0.25, 0.3) is 78.3 Å². The van der Waals surface area contributed by atoms with Crippen LogP contribution in [0.5, 0.6) is 0 Å². The maximum absolute atomic E-state index is 15.4. The second kappa shape index (κ2) is 19.3. The Balaban J connectivity index is 0.925. The van der Waals surface area contributed by atoms with Crippen LogP contribution in [0.2, 0.25) is 0 Å². The standard InChI is InChI=1S/C61H45F2N3/c62-57-39-42(20-30-55(57)59-14-6-8-33-64-59)16-18-44-36-45(19-17-43-21-31-56(58(63)40-43)60-15-7-9-34-65-60)38-52(37-44)54-13-5-4-12-53(54)49-26-28-50(29-27-49)61-41-51(32-35-66-61)48-24-22-47(23-25-48)46-10-2-1-3-11-46/h1-15,20-41H,16-19H2. The van der Waals surface area contributed by atoms with E-state index in [2.05, 4.69) is 137 Å². The van der Waals surface area contributed by atoms with Crippen molar-refractivity contribution in [2.45, 2.75) is 25.7 Å². The van der Waals surface area contributed by atoms with Crippen LogP contribution < -0.4 is 0 Å². The molecule has 5 heteroatoms. The summed E-state index contributed by atoms with van der Waals surface area (Å²) in [6.07, 6.45) is 8.01. The van der Waals surface area contributed by atoms with Gasteiger partial charge in [0.2, 0.25) is 0 Å². The van der Waals surface area contributed by atoms with E-state index in [1.54, 1.807) is 24.5 Å². The van der Waals surface area contributed by atoms with Crippen LogP contribution >= 0.6 is 0 Å². The van der Waals surface area contributed by atoms with E-state index in [4.69, 9.17) is 4.98 Å². The van der Waals surface area contributed by atoms with Crippen LogP contribution in [-0.2, 0) is 25.7 Å². The van der Waals surface area contributed by atoms with Crippen molar-refractivity contribution in [3.63, 3.8) is 0 Å². The molecule has 10 rings (SSSR count). The van der Waals surface area contributed by atoms with Crippen LogP contribution in [0.1, 0.15) is 22.3 Å². The Kier molecular flexibility index (Phi) is 12.2. The molecule has 0 saturated carbocycles. The Bertz CT molecular complexity index is 3130. The average molecular weight is 858 g/mol. The van der Waals surface area contributed by atoms with Gasteiger partial charge in [-0.1, -0.05) is 146 Å². The van der Waals surface area contributed by atoms with Crippen molar-refractivity contribution >= 4 is 0 Å². The molecule has 3 aromatic heterocycles. The Morgan fingerprint density at radius 1 is 0.258 bits per heavy atom. The second-order valence-electron chi connectivity index (χ2n) is 16.6. The third kappa shape index (κ3) is 9.52. The van der Waals surface area contributed by atoms with Gasteiger partial charge in [0.05, 0.1) is 17.1 Å². The molecule has 0 radical (unpaired) electrons. The van der Waals surface area contributed by atoms with E-state index in [1.165, 1.54) is 11.1 Å². The minimum absolute atomic E-state index is 0.279. The fraction of sp³-hybridized carbons (Fsp3) is 0.0656. The highest BCUT2D eigenvalue weighted by molar-refractivity contribution is 5.85. The van der Waals surface area contributed by atoms with Crippen molar-refractivity contribution in [1.82, 2.24) is 15.0 Å². The van der Waals surface area contributed by atoms with Gasteiger partial charge in [-0.3, -0.25) is 15.0 Å². The minimum Gasteiger partial charge on any atom is -0.256 e. The molecule has 0 atom stereocenters. The van der Waals surface area contributed by atoms with Gasteiger partial charge in [0.25, 0.3) is 0 Å². The van der Waals surface area contributed by atoms with E-state index >= 15 is 8.78 Å². The molecule has 0 amide bonds. The Morgan fingerprint density at radius 3 is 1.26 bits per heavy atom.